The lowest BCUT2D eigenvalue weighted by atomic mass is 10.5. The molecule has 2 aromatic heterocycles. The van der Waals surface area contributed by atoms with Gasteiger partial charge in [-0.1, -0.05) is 6.92 Å². The van der Waals surface area contributed by atoms with Crippen LogP contribution in [0.2, 0.25) is 0 Å². The molecule has 0 aliphatic heterocycles. The summed E-state index contributed by atoms with van der Waals surface area (Å²) in [5.41, 5.74) is 0. The van der Waals surface area contributed by atoms with Gasteiger partial charge >= 0.3 is 0 Å². The molecule has 0 aromatic carbocycles. The molecule has 6 heteroatoms. The fourth-order valence-corrected chi connectivity index (χ4v) is 1.39. The Hall–Kier alpha value is -2.11. The molecular formula is C11H15N5O. The van der Waals surface area contributed by atoms with E-state index in [1.807, 2.05) is 10.9 Å². The van der Waals surface area contributed by atoms with Crippen molar-refractivity contribution in [2.75, 3.05) is 12.4 Å². The molecule has 17 heavy (non-hydrogen) atoms. The normalized spacial score (nSPS) is 10.2. The second-order valence-electron chi connectivity index (χ2n) is 3.53. The van der Waals surface area contributed by atoms with Gasteiger partial charge in [0.1, 0.15) is 5.82 Å². The SMILES string of the molecule is CCCn1cc(Oc2cncc(NC)n2)cn1. The van der Waals surface area contributed by atoms with Crippen LogP contribution < -0.4 is 10.1 Å². The van der Waals surface area contributed by atoms with Crippen LogP contribution in [0.4, 0.5) is 5.82 Å². The van der Waals surface area contributed by atoms with Gasteiger partial charge in [-0.05, 0) is 6.42 Å². The van der Waals surface area contributed by atoms with E-state index < -0.39 is 0 Å². The lowest BCUT2D eigenvalue weighted by Gasteiger charge is -2.03. The van der Waals surface area contributed by atoms with Gasteiger partial charge in [-0.15, -0.1) is 0 Å². The number of hydrogen-bond donors (Lipinski definition) is 1. The van der Waals surface area contributed by atoms with Gasteiger partial charge < -0.3 is 10.1 Å². The minimum atomic E-state index is 0.452. The summed E-state index contributed by atoms with van der Waals surface area (Å²) < 4.78 is 7.39. The lowest BCUT2D eigenvalue weighted by Crippen LogP contribution is -1.96. The van der Waals surface area contributed by atoms with E-state index in [0.29, 0.717) is 17.4 Å². The zero-order valence-electron chi connectivity index (χ0n) is 9.92. The molecule has 2 rings (SSSR count). The number of aryl methyl sites for hydroxylation is 1. The molecule has 90 valence electrons. The van der Waals surface area contributed by atoms with Crippen LogP contribution in [0.5, 0.6) is 11.6 Å². The molecule has 0 aliphatic carbocycles. The third-order valence-electron chi connectivity index (χ3n) is 2.15. The van der Waals surface area contributed by atoms with E-state index in [0.717, 1.165) is 13.0 Å². The molecule has 0 amide bonds. The van der Waals surface area contributed by atoms with Crippen LogP contribution in [0.15, 0.2) is 24.8 Å². The van der Waals surface area contributed by atoms with E-state index in [4.69, 9.17) is 4.74 Å². The fraction of sp³-hybridized carbons (Fsp3) is 0.364. The van der Waals surface area contributed by atoms with Crippen LogP contribution in [0.3, 0.4) is 0 Å². The second kappa shape index (κ2) is 5.29. The Morgan fingerprint density at radius 1 is 1.35 bits per heavy atom. The minimum absolute atomic E-state index is 0.452. The number of hydrogen-bond acceptors (Lipinski definition) is 5. The Balaban J connectivity index is 2.08. The van der Waals surface area contributed by atoms with E-state index in [1.165, 1.54) is 0 Å². The summed E-state index contributed by atoms with van der Waals surface area (Å²) in [6, 6.07) is 0. The molecule has 0 bridgehead atoms. The quantitative estimate of drug-likeness (QED) is 0.854. The van der Waals surface area contributed by atoms with Gasteiger partial charge in [-0.3, -0.25) is 9.67 Å². The van der Waals surface area contributed by atoms with Gasteiger partial charge in [0.15, 0.2) is 5.75 Å². The van der Waals surface area contributed by atoms with Gasteiger partial charge in [0.05, 0.1) is 24.8 Å². The van der Waals surface area contributed by atoms with Crippen molar-refractivity contribution in [3.8, 4) is 11.6 Å². The largest absolute Gasteiger partial charge is 0.434 e. The monoisotopic (exact) mass is 233 g/mol. The van der Waals surface area contributed by atoms with Gasteiger partial charge in [0, 0.05) is 13.6 Å². The topological polar surface area (TPSA) is 64.9 Å². The summed E-state index contributed by atoms with van der Waals surface area (Å²) in [4.78, 5) is 8.23. The number of ether oxygens (including phenoxy) is 1. The van der Waals surface area contributed by atoms with Crippen molar-refractivity contribution < 1.29 is 4.74 Å². The average Bonchev–Trinajstić information content (AvgIpc) is 2.77. The molecule has 0 atom stereocenters. The molecule has 0 unspecified atom stereocenters. The Morgan fingerprint density at radius 3 is 3.00 bits per heavy atom. The first-order valence-corrected chi connectivity index (χ1v) is 5.52. The first-order chi connectivity index (χ1) is 8.31. The summed E-state index contributed by atoms with van der Waals surface area (Å²) in [5, 5.41) is 7.08. The Kier molecular flexibility index (Phi) is 3.54. The maximum atomic E-state index is 5.55. The summed E-state index contributed by atoms with van der Waals surface area (Å²) in [6.07, 6.45) is 7.75. The van der Waals surface area contributed by atoms with Crippen molar-refractivity contribution in [2.24, 2.45) is 0 Å². The van der Waals surface area contributed by atoms with Crippen LogP contribution in [-0.2, 0) is 6.54 Å². The molecule has 2 heterocycles. The molecule has 2 aromatic rings. The highest BCUT2D eigenvalue weighted by molar-refractivity contribution is 5.33. The Bertz CT molecular complexity index is 482. The Labute approximate surface area is 99.7 Å². The zero-order chi connectivity index (χ0) is 12.1. The van der Waals surface area contributed by atoms with Crippen molar-refractivity contribution in [1.29, 1.82) is 0 Å². The fourth-order valence-electron chi connectivity index (χ4n) is 1.39. The van der Waals surface area contributed by atoms with Crippen LogP contribution in [-0.4, -0.2) is 26.8 Å². The predicted octanol–water partition coefficient (Wildman–Crippen LogP) is 1.92. The van der Waals surface area contributed by atoms with Crippen molar-refractivity contribution in [2.45, 2.75) is 19.9 Å². The van der Waals surface area contributed by atoms with Crippen molar-refractivity contribution >= 4 is 5.82 Å². The molecule has 0 aliphatic rings. The highest BCUT2D eigenvalue weighted by Crippen LogP contribution is 2.18. The van der Waals surface area contributed by atoms with E-state index >= 15 is 0 Å². The van der Waals surface area contributed by atoms with Crippen LogP contribution in [0, 0.1) is 0 Å². The second-order valence-corrected chi connectivity index (χ2v) is 3.53. The maximum absolute atomic E-state index is 5.55. The van der Waals surface area contributed by atoms with E-state index in [2.05, 4.69) is 27.3 Å². The minimum Gasteiger partial charge on any atom is -0.434 e. The van der Waals surface area contributed by atoms with Gasteiger partial charge in [0.25, 0.3) is 0 Å². The van der Waals surface area contributed by atoms with Crippen molar-refractivity contribution in [1.82, 2.24) is 19.7 Å². The molecule has 1 N–H and O–H groups in total. The first kappa shape index (κ1) is 11.4. The number of nitrogens with zero attached hydrogens (tertiary/aromatic N) is 4. The Morgan fingerprint density at radius 2 is 2.24 bits per heavy atom. The van der Waals surface area contributed by atoms with Crippen molar-refractivity contribution in [3.05, 3.63) is 24.8 Å². The summed E-state index contributed by atoms with van der Waals surface area (Å²) in [6.45, 7) is 2.98. The smallest absolute Gasteiger partial charge is 0.239 e. The molecule has 0 saturated heterocycles. The maximum Gasteiger partial charge on any atom is 0.239 e. The predicted molar refractivity (Wildman–Crippen MR) is 64.2 cm³/mol. The average molecular weight is 233 g/mol. The molecule has 0 fully saturated rings. The third-order valence-corrected chi connectivity index (χ3v) is 2.15. The zero-order valence-corrected chi connectivity index (χ0v) is 9.92. The molecule has 0 radical (unpaired) electrons. The van der Waals surface area contributed by atoms with E-state index in [9.17, 15) is 0 Å². The molecular weight excluding hydrogens is 218 g/mol. The highest BCUT2D eigenvalue weighted by Gasteiger charge is 2.03. The van der Waals surface area contributed by atoms with Gasteiger partial charge in [-0.25, -0.2) is 0 Å². The number of anilines is 1. The number of nitrogens with one attached hydrogen (secondary N) is 1. The lowest BCUT2D eigenvalue weighted by molar-refractivity contribution is 0.459. The van der Waals surface area contributed by atoms with E-state index in [1.54, 1.807) is 25.6 Å². The van der Waals surface area contributed by atoms with Crippen molar-refractivity contribution in [3.63, 3.8) is 0 Å². The highest BCUT2D eigenvalue weighted by atomic mass is 16.5. The molecule has 6 nitrogen and oxygen atoms in total. The molecule has 0 spiro atoms. The summed E-state index contributed by atoms with van der Waals surface area (Å²) in [7, 11) is 1.78. The van der Waals surface area contributed by atoms with Crippen LogP contribution >= 0.6 is 0 Å². The van der Waals surface area contributed by atoms with Gasteiger partial charge in [0.2, 0.25) is 5.88 Å². The van der Waals surface area contributed by atoms with E-state index in [-0.39, 0.29) is 0 Å². The first-order valence-electron chi connectivity index (χ1n) is 5.52. The van der Waals surface area contributed by atoms with Crippen LogP contribution in [0.1, 0.15) is 13.3 Å². The standard InChI is InChI=1S/C11H15N5O/c1-3-4-16-8-9(5-14-16)17-11-7-13-6-10(12-2)15-11/h5-8H,3-4H2,1-2H3,(H,12,15). The van der Waals surface area contributed by atoms with Gasteiger partial charge in [-0.2, -0.15) is 10.1 Å². The summed E-state index contributed by atoms with van der Waals surface area (Å²) >= 11 is 0. The summed E-state index contributed by atoms with van der Waals surface area (Å²) in [5.74, 6) is 1.79. The number of rotatable bonds is 5. The molecule has 0 saturated carbocycles. The van der Waals surface area contributed by atoms with Crippen LogP contribution in [0.25, 0.3) is 0 Å². The number of aromatic nitrogens is 4. The third kappa shape index (κ3) is 2.93.